The topological polar surface area (TPSA) is 57.5 Å². The Labute approximate surface area is 120 Å². The van der Waals surface area contributed by atoms with E-state index in [-0.39, 0.29) is 6.03 Å². The van der Waals surface area contributed by atoms with Crippen LogP contribution in [-0.4, -0.2) is 36.6 Å². The van der Waals surface area contributed by atoms with Gasteiger partial charge in [-0.1, -0.05) is 0 Å². The number of urea groups is 1. The van der Waals surface area contributed by atoms with Gasteiger partial charge in [0.05, 0.1) is 12.8 Å². The molecular formula is C15H25N3O2. The molecule has 1 fully saturated rings. The molecule has 1 aliphatic heterocycles. The number of furan rings is 1. The monoisotopic (exact) mass is 279 g/mol. The molecule has 20 heavy (non-hydrogen) atoms. The molecule has 0 aliphatic carbocycles. The first-order chi connectivity index (χ1) is 9.65. The van der Waals surface area contributed by atoms with Gasteiger partial charge in [-0.2, -0.15) is 0 Å². The predicted molar refractivity (Wildman–Crippen MR) is 78.4 cm³/mol. The number of likely N-dealkylation sites (tertiary alicyclic amines) is 1. The van der Waals surface area contributed by atoms with Crippen LogP contribution in [0.2, 0.25) is 0 Å². The van der Waals surface area contributed by atoms with Crippen molar-refractivity contribution in [1.82, 2.24) is 15.5 Å². The summed E-state index contributed by atoms with van der Waals surface area (Å²) < 4.78 is 5.17. The Morgan fingerprint density at radius 3 is 3.05 bits per heavy atom. The lowest BCUT2D eigenvalue weighted by Gasteiger charge is -2.35. The van der Waals surface area contributed by atoms with Crippen molar-refractivity contribution >= 4 is 6.03 Å². The average molecular weight is 279 g/mol. The summed E-state index contributed by atoms with van der Waals surface area (Å²) in [6.45, 7) is 7.89. The van der Waals surface area contributed by atoms with E-state index < -0.39 is 0 Å². The molecule has 2 N–H and O–H groups in total. The second-order valence-corrected chi connectivity index (χ2v) is 5.74. The zero-order valence-electron chi connectivity index (χ0n) is 12.4. The van der Waals surface area contributed by atoms with E-state index in [1.54, 1.807) is 6.26 Å². The Kier molecular flexibility index (Phi) is 5.47. The van der Waals surface area contributed by atoms with Crippen LogP contribution in [0.5, 0.6) is 0 Å². The summed E-state index contributed by atoms with van der Waals surface area (Å²) in [6.07, 6.45) is 4.03. The average Bonchev–Trinajstić information content (AvgIpc) is 2.96. The highest BCUT2D eigenvalue weighted by atomic mass is 16.3. The zero-order valence-corrected chi connectivity index (χ0v) is 12.4. The smallest absolute Gasteiger partial charge is 0.315 e. The number of hydrogen-bond acceptors (Lipinski definition) is 3. The minimum absolute atomic E-state index is 0.122. The molecule has 1 saturated heterocycles. The summed E-state index contributed by atoms with van der Waals surface area (Å²) in [5.41, 5.74) is 0. The van der Waals surface area contributed by atoms with Crippen molar-refractivity contribution in [2.75, 3.05) is 19.6 Å². The normalized spacial score (nSPS) is 20.1. The van der Waals surface area contributed by atoms with Crippen molar-refractivity contribution in [3.05, 3.63) is 24.2 Å². The summed E-state index contributed by atoms with van der Waals surface area (Å²) in [6, 6.07) is 4.13. The molecule has 0 radical (unpaired) electrons. The molecule has 1 atom stereocenters. The van der Waals surface area contributed by atoms with Gasteiger partial charge in [-0.3, -0.25) is 0 Å². The Balaban J connectivity index is 1.65. The van der Waals surface area contributed by atoms with Crippen molar-refractivity contribution in [2.45, 2.75) is 39.3 Å². The largest absolute Gasteiger partial charge is 0.467 e. The van der Waals surface area contributed by atoms with Crippen molar-refractivity contribution in [1.29, 1.82) is 0 Å². The number of piperidine rings is 1. The van der Waals surface area contributed by atoms with Crippen LogP contribution in [0.3, 0.4) is 0 Å². The van der Waals surface area contributed by atoms with Crippen molar-refractivity contribution in [3.63, 3.8) is 0 Å². The van der Waals surface area contributed by atoms with Crippen LogP contribution in [0.1, 0.15) is 32.4 Å². The third kappa shape index (κ3) is 4.56. The molecule has 5 heteroatoms. The fourth-order valence-corrected chi connectivity index (χ4v) is 2.61. The van der Waals surface area contributed by atoms with Crippen molar-refractivity contribution in [2.24, 2.45) is 5.92 Å². The maximum atomic E-state index is 11.7. The quantitative estimate of drug-likeness (QED) is 0.868. The van der Waals surface area contributed by atoms with Crippen molar-refractivity contribution < 1.29 is 9.21 Å². The van der Waals surface area contributed by atoms with Gasteiger partial charge in [-0.25, -0.2) is 4.79 Å². The van der Waals surface area contributed by atoms with Gasteiger partial charge in [0.2, 0.25) is 0 Å². The summed E-state index contributed by atoms with van der Waals surface area (Å²) in [5, 5.41) is 5.76. The first-order valence-electron chi connectivity index (χ1n) is 7.43. The molecule has 2 amide bonds. The maximum absolute atomic E-state index is 11.7. The Bertz CT molecular complexity index is 403. The first kappa shape index (κ1) is 14.9. The molecule has 1 aromatic heterocycles. The van der Waals surface area contributed by atoms with E-state index in [0.29, 0.717) is 18.5 Å². The molecule has 1 unspecified atom stereocenters. The molecule has 2 rings (SSSR count). The number of carbonyl (C=O) groups excluding carboxylic acids is 1. The van der Waals surface area contributed by atoms with Crippen LogP contribution >= 0.6 is 0 Å². The second kappa shape index (κ2) is 7.33. The molecule has 1 aliphatic rings. The predicted octanol–water partition coefficient (Wildman–Crippen LogP) is 2.20. The van der Waals surface area contributed by atoms with E-state index in [9.17, 15) is 4.79 Å². The van der Waals surface area contributed by atoms with E-state index >= 15 is 0 Å². The third-order valence-electron chi connectivity index (χ3n) is 3.84. The highest BCUT2D eigenvalue weighted by molar-refractivity contribution is 5.73. The van der Waals surface area contributed by atoms with Gasteiger partial charge >= 0.3 is 6.03 Å². The van der Waals surface area contributed by atoms with Gasteiger partial charge < -0.3 is 20.0 Å². The van der Waals surface area contributed by atoms with Crippen LogP contribution in [0.15, 0.2) is 22.8 Å². The van der Waals surface area contributed by atoms with Gasteiger partial charge in [0, 0.05) is 19.1 Å². The number of rotatable bonds is 5. The van der Waals surface area contributed by atoms with Crippen molar-refractivity contribution in [3.8, 4) is 0 Å². The molecule has 1 aromatic rings. The summed E-state index contributed by atoms with van der Waals surface area (Å²) >= 11 is 0. The summed E-state index contributed by atoms with van der Waals surface area (Å²) in [7, 11) is 0. The fourth-order valence-electron chi connectivity index (χ4n) is 2.61. The lowest BCUT2D eigenvalue weighted by molar-refractivity contribution is 0.139. The van der Waals surface area contributed by atoms with Crippen LogP contribution in [-0.2, 0) is 6.54 Å². The van der Waals surface area contributed by atoms with E-state index in [1.807, 2.05) is 12.1 Å². The Morgan fingerprint density at radius 1 is 1.50 bits per heavy atom. The van der Waals surface area contributed by atoms with Crippen LogP contribution < -0.4 is 10.6 Å². The minimum atomic E-state index is -0.122. The second-order valence-electron chi connectivity index (χ2n) is 5.74. The van der Waals surface area contributed by atoms with E-state index in [4.69, 9.17) is 4.42 Å². The van der Waals surface area contributed by atoms with Gasteiger partial charge in [0.1, 0.15) is 5.76 Å². The van der Waals surface area contributed by atoms with Gasteiger partial charge in [0.15, 0.2) is 0 Å². The number of nitrogens with zero attached hydrogens (tertiary/aromatic N) is 1. The maximum Gasteiger partial charge on any atom is 0.315 e. The van der Waals surface area contributed by atoms with Gasteiger partial charge in [-0.05, 0) is 51.3 Å². The van der Waals surface area contributed by atoms with Crippen LogP contribution in [0.25, 0.3) is 0 Å². The fraction of sp³-hybridized carbons (Fsp3) is 0.667. The molecule has 0 bridgehead atoms. The van der Waals surface area contributed by atoms with E-state index in [1.165, 1.54) is 19.4 Å². The summed E-state index contributed by atoms with van der Waals surface area (Å²) in [5.74, 6) is 1.32. The molecule has 0 spiro atoms. The van der Waals surface area contributed by atoms with Crippen LogP contribution in [0.4, 0.5) is 4.79 Å². The highest BCUT2D eigenvalue weighted by Crippen LogP contribution is 2.17. The number of hydrogen-bond donors (Lipinski definition) is 2. The lowest BCUT2D eigenvalue weighted by atomic mass is 9.97. The standard InChI is InChI=1S/C15H25N3O2/c1-12(2)18-7-3-5-13(11-18)9-16-15(19)17-10-14-6-4-8-20-14/h4,6,8,12-13H,3,5,7,9-11H2,1-2H3,(H2,16,17,19). The molecule has 0 saturated carbocycles. The number of nitrogens with one attached hydrogen (secondary N) is 2. The van der Waals surface area contributed by atoms with Gasteiger partial charge in [-0.15, -0.1) is 0 Å². The molecule has 0 aromatic carbocycles. The van der Waals surface area contributed by atoms with E-state index in [2.05, 4.69) is 29.4 Å². The Morgan fingerprint density at radius 2 is 2.35 bits per heavy atom. The molecule has 5 nitrogen and oxygen atoms in total. The minimum Gasteiger partial charge on any atom is -0.467 e. The number of amides is 2. The zero-order chi connectivity index (χ0) is 14.4. The third-order valence-corrected chi connectivity index (χ3v) is 3.84. The molecular weight excluding hydrogens is 254 g/mol. The number of carbonyl (C=O) groups is 1. The highest BCUT2D eigenvalue weighted by Gasteiger charge is 2.21. The van der Waals surface area contributed by atoms with Crippen LogP contribution in [0, 0.1) is 5.92 Å². The Hall–Kier alpha value is -1.49. The SMILES string of the molecule is CC(C)N1CCCC(CNC(=O)NCc2ccco2)C1. The molecule has 112 valence electrons. The summed E-state index contributed by atoms with van der Waals surface area (Å²) in [4.78, 5) is 14.2. The first-order valence-corrected chi connectivity index (χ1v) is 7.43. The van der Waals surface area contributed by atoms with E-state index in [0.717, 1.165) is 18.8 Å². The lowest BCUT2D eigenvalue weighted by Crippen LogP contribution is -2.45. The van der Waals surface area contributed by atoms with Gasteiger partial charge in [0.25, 0.3) is 0 Å². The molecule has 2 heterocycles.